The topological polar surface area (TPSA) is 88.8 Å². The molecule has 0 aromatic heterocycles. The Labute approximate surface area is 163 Å². The fraction of sp³-hybridized carbons (Fsp3) is 0.350. The van der Waals surface area contributed by atoms with E-state index in [0.717, 1.165) is 12.0 Å². The Hall–Kier alpha value is -3.00. The summed E-state index contributed by atoms with van der Waals surface area (Å²) in [4.78, 5) is 14.8. The summed E-state index contributed by atoms with van der Waals surface area (Å²) >= 11 is 0. The Morgan fingerprint density at radius 1 is 1.14 bits per heavy atom. The molecule has 0 radical (unpaired) electrons. The van der Waals surface area contributed by atoms with Crippen molar-refractivity contribution in [1.29, 1.82) is 0 Å². The van der Waals surface area contributed by atoms with Crippen molar-refractivity contribution >= 4 is 11.6 Å². The monoisotopic (exact) mass is 388 g/mol. The van der Waals surface area contributed by atoms with E-state index in [0.29, 0.717) is 44.2 Å². The SMILES string of the molecule is COCCCNC(=NCc1ccc([N+](=O)[O-])cc1)NCCc1ccccc1F. The molecule has 0 aliphatic carbocycles. The predicted octanol–water partition coefficient (Wildman–Crippen LogP) is 3.05. The third-order valence-electron chi connectivity index (χ3n) is 4.03. The van der Waals surface area contributed by atoms with Gasteiger partial charge in [-0.05, 0) is 30.0 Å². The molecular weight excluding hydrogens is 363 g/mol. The van der Waals surface area contributed by atoms with Crippen LogP contribution < -0.4 is 10.6 Å². The highest BCUT2D eigenvalue weighted by Gasteiger charge is 2.05. The van der Waals surface area contributed by atoms with Gasteiger partial charge in [0.15, 0.2) is 5.96 Å². The number of hydrogen-bond donors (Lipinski definition) is 2. The van der Waals surface area contributed by atoms with Gasteiger partial charge in [0, 0.05) is 38.9 Å². The zero-order valence-electron chi connectivity index (χ0n) is 15.9. The van der Waals surface area contributed by atoms with E-state index < -0.39 is 4.92 Å². The molecule has 0 fully saturated rings. The Balaban J connectivity index is 1.93. The van der Waals surface area contributed by atoms with Crippen LogP contribution in [0.25, 0.3) is 0 Å². The number of guanidine groups is 1. The number of nitrogens with zero attached hydrogens (tertiary/aromatic N) is 2. The number of nitrogens with one attached hydrogen (secondary N) is 2. The molecular formula is C20H25FN4O3. The van der Waals surface area contributed by atoms with Gasteiger partial charge in [-0.15, -0.1) is 0 Å². The van der Waals surface area contributed by atoms with Crippen LogP contribution in [0.2, 0.25) is 0 Å². The first-order valence-electron chi connectivity index (χ1n) is 9.08. The van der Waals surface area contributed by atoms with E-state index in [9.17, 15) is 14.5 Å². The summed E-state index contributed by atoms with van der Waals surface area (Å²) in [6.07, 6.45) is 1.35. The zero-order valence-corrected chi connectivity index (χ0v) is 15.9. The lowest BCUT2D eigenvalue weighted by atomic mass is 10.1. The Kier molecular flexibility index (Phi) is 8.87. The average Bonchev–Trinajstić information content (AvgIpc) is 2.70. The first kappa shape index (κ1) is 21.3. The smallest absolute Gasteiger partial charge is 0.269 e. The van der Waals surface area contributed by atoms with Gasteiger partial charge >= 0.3 is 0 Å². The summed E-state index contributed by atoms with van der Waals surface area (Å²) in [5.74, 6) is 0.382. The quantitative estimate of drug-likeness (QED) is 0.215. The number of nitro groups is 1. The largest absolute Gasteiger partial charge is 0.385 e. The van der Waals surface area contributed by atoms with Crippen molar-refractivity contribution in [3.05, 3.63) is 75.6 Å². The number of rotatable bonds is 10. The molecule has 0 spiro atoms. The molecule has 0 amide bonds. The third-order valence-corrected chi connectivity index (χ3v) is 4.03. The Bertz CT molecular complexity index is 781. The molecule has 2 rings (SSSR count). The molecule has 0 aliphatic heterocycles. The number of ether oxygens (including phenoxy) is 1. The standard InChI is InChI=1S/C20H25FN4O3/c1-28-14-4-12-22-20(23-13-11-17-5-2-3-6-19(17)21)24-15-16-7-9-18(10-8-16)25(26)27/h2-3,5-10H,4,11-15H2,1H3,(H2,22,23,24). The van der Waals surface area contributed by atoms with Gasteiger partial charge in [0.05, 0.1) is 11.5 Å². The zero-order chi connectivity index (χ0) is 20.2. The minimum atomic E-state index is -0.430. The third kappa shape index (κ3) is 7.32. The van der Waals surface area contributed by atoms with E-state index in [1.807, 2.05) is 6.07 Å². The van der Waals surface area contributed by atoms with Gasteiger partial charge in [0.25, 0.3) is 5.69 Å². The molecule has 0 saturated carbocycles. The minimum absolute atomic E-state index is 0.0497. The van der Waals surface area contributed by atoms with Crippen molar-refractivity contribution in [2.45, 2.75) is 19.4 Å². The molecule has 2 aromatic rings. The molecule has 7 nitrogen and oxygen atoms in total. The number of halogens is 1. The molecule has 0 heterocycles. The van der Waals surface area contributed by atoms with Gasteiger partial charge in [-0.1, -0.05) is 30.3 Å². The van der Waals surface area contributed by atoms with Crippen LogP contribution in [-0.4, -0.2) is 37.7 Å². The van der Waals surface area contributed by atoms with Gasteiger partial charge in [0.2, 0.25) is 0 Å². The van der Waals surface area contributed by atoms with Gasteiger partial charge in [-0.25, -0.2) is 9.38 Å². The van der Waals surface area contributed by atoms with Crippen molar-refractivity contribution < 1.29 is 14.1 Å². The molecule has 0 atom stereocenters. The van der Waals surface area contributed by atoms with E-state index in [4.69, 9.17) is 4.74 Å². The number of hydrogen-bond acceptors (Lipinski definition) is 4. The first-order valence-corrected chi connectivity index (χ1v) is 9.08. The van der Waals surface area contributed by atoms with Gasteiger partial charge in [0.1, 0.15) is 5.82 Å². The molecule has 0 aliphatic rings. The minimum Gasteiger partial charge on any atom is -0.385 e. The van der Waals surface area contributed by atoms with E-state index in [1.54, 1.807) is 31.4 Å². The van der Waals surface area contributed by atoms with Crippen molar-refractivity contribution in [3.8, 4) is 0 Å². The maximum atomic E-state index is 13.7. The second kappa shape index (κ2) is 11.7. The van der Waals surface area contributed by atoms with Crippen molar-refractivity contribution in [2.75, 3.05) is 26.8 Å². The summed E-state index contributed by atoms with van der Waals surface area (Å²) in [6, 6.07) is 13.0. The maximum absolute atomic E-state index is 13.7. The number of benzene rings is 2. The highest BCUT2D eigenvalue weighted by Crippen LogP contribution is 2.12. The van der Waals surface area contributed by atoms with Gasteiger partial charge in [-0.3, -0.25) is 10.1 Å². The van der Waals surface area contributed by atoms with Crippen LogP contribution in [0.5, 0.6) is 0 Å². The van der Waals surface area contributed by atoms with Crippen LogP contribution in [0.1, 0.15) is 17.5 Å². The van der Waals surface area contributed by atoms with E-state index in [-0.39, 0.29) is 11.5 Å². The highest BCUT2D eigenvalue weighted by atomic mass is 19.1. The van der Waals surface area contributed by atoms with Crippen LogP contribution >= 0.6 is 0 Å². The second-order valence-electron chi connectivity index (χ2n) is 6.13. The van der Waals surface area contributed by atoms with Crippen LogP contribution in [0.15, 0.2) is 53.5 Å². The number of non-ortho nitro benzene ring substituents is 1. The number of aliphatic imine (C=N–C) groups is 1. The number of nitro benzene ring substituents is 1. The summed E-state index contributed by atoms with van der Waals surface area (Å²) in [6.45, 7) is 2.21. The summed E-state index contributed by atoms with van der Waals surface area (Å²) in [5.41, 5.74) is 1.55. The van der Waals surface area contributed by atoms with Crippen LogP contribution in [-0.2, 0) is 17.7 Å². The first-order chi connectivity index (χ1) is 13.6. The lowest BCUT2D eigenvalue weighted by Crippen LogP contribution is -2.39. The van der Waals surface area contributed by atoms with E-state index in [2.05, 4.69) is 15.6 Å². The molecule has 0 unspecified atom stereocenters. The molecule has 8 heteroatoms. The second-order valence-corrected chi connectivity index (χ2v) is 6.13. The molecule has 2 aromatic carbocycles. The van der Waals surface area contributed by atoms with Crippen LogP contribution in [0.3, 0.4) is 0 Å². The Morgan fingerprint density at radius 3 is 2.54 bits per heavy atom. The van der Waals surface area contributed by atoms with Crippen molar-refractivity contribution in [3.63, 3.8) is 0 Å². The number of methoxy groups -OCH3 is 1. The molecule has 150 valence electrons. The van der Waals surface area contributed by atoms with Gasteiger partial charge < -0.3 is 15.4 Å². The maximum Gasteiger partial charge on any atom is 0.269 e. The molecule has 0 bridgehead atoms. The lowest BCUT2D eigenvalue weighted by Gasteiger charge is -2.13. The fourth-order valence-electron chi connectivity index (χ4n) is 2.51. The molecule has 28 heavy (non-hydrogen) atoms. The highest BCUT2D eigenvalue weighted by molar-refractivity contribution is 5.79. The van der Waals surface area contributed by atoms with E-state index >= 15 is 0 Å². The predicted molar refractivity (Wildman–Crippen MR) is 107 cm³/mol. The van der Waals surface area contributed by atoms with Crippen molar-refractivity contribution in [1.82, 2.24) is 10.6 Å². The fourth-order valence-corrected chi connectivity index (χ4v) is 2.51. The summed E-state index contributed by atoms with van der Waals surface area (Å²) < 4.78 is 18.8. The molecule has 2 N–H and O–H groups in total. The molecule has 0 saturated heterocycles. The van der Waals surface area contributed by atoms with E-state index in [1.165, 1.54) is 18.2 Å². The summed E-state index contributed by atoms with van der Waals surface area (Å²) in [5, 5.41) is 17.1. The van der Waals surface area contributed by atoms with Gasteiger partial charge in [-0.2, -0.15) is 0 Å². The average molecular weight is 388 g/mol. The summed E-state index contributed by atoms with van der Waals surface area (Å²) in [7, 11) is 1.65. The lowest BCUT2D eigenvalue weighted by molar-refractivity contribution is -0.384. The van der Waals surface area contributed by atoms with Crippen LogP contribution in [0.4, 0.5) is 10.1 Å². The van der Waals surface area contributed by atoms with Crippen LogP contribution in [0, 0.1) is 15.9 Å². The van der Waals surface area contributed by atoms with Crippen molar-refractivity contribution in [2.24, 2.45) is 4.99 Å². The Morgan fingerprint density at radius 2 is 1.86 bits per heavy atom. The normalized spacial score (nSPS) is 11.3.